The van der Waals surface area contributed by atoms with Crippen LogP contribution < -0.4 is 0 Å². The fourth-order valence-electron chi connectivity index (χ4n) is 1.93. The van der Waals surface area contributed by atoms with E-state index in [2.05, 4.69) is 0 Å². The Bertz CT molecular complexity index is 719. The number of carbonyl (C=O) groups is 1. The van der Waals surface area contributed by atoms with E-state index in [-0.39, 0.29) is 28.6 Å². The van der Waals surface area contributed by atoms with Gasteiger partial charge in [0.25, 0.3) is 11.6 Å². The molecule has 0 saturated carbocycles. The molecule has 7 heteroatoms. The van der Waals surface area contributed by atoms with Gasteiger partial charge in [0.2, 0.25) is 0 Å². The number of rotatable bonds is 4. The molecule has 22 heavy (non-hydrogen) atoms. The minimum Gasteiger partial charge on any atom is -0.337 e. The first-order valence-electron chi connectivity index (χ1n) is 6.32. The molecule has 0 aromatic heterocycles. The Labute approximate surface area is 131 Å². The molecule has 2 rings (SSSR count). The van der Waals surface area contributed by atoms with Crippen molar-refractivity contribution in [3.63, 3.8) is 0 Å². The number of nitrogens with zero attached hydrogens (tertiary/aromatic N) is 2. The first-order chi connectivity index (χ1) is 10.4. The lowest BCUT2D eigenvalue weighted by Crippen LogP contribution is -2.26. The highest BCUT2D eigenvalue weighted by Crippen LogP contribution is 2.23. The van der Waals surface area contributed by atoms with Crippen LogP contribution in [0.1, 0.15) is 15.9 Å². The molecule has 0 radical (unpaired) electrons. The predicted octanol–water partition coefficient (Wildman–Crippen LogP) is 3.66. The van der Waals surface area contributed by atoms with Crippen molar-refractivity contribution in [2.75, 3.05) is 7.05 Å². The normalized spacial score (nSPS) is 10.3. The van der Waals surface area contributed by atoms with Gasteiger partial charge in [-0.3, -0.25) is 14.9 Å². The monoisotopic (exact) mass is 322 g/mol. The molecule has 114 valence electrons. The Kier molecular flexibility index (Phi) is 4.72. The van der Waals surface area contributed by atoms with Gasteiger partial charge < -0.3 is 4.90 Å². The van der Waals surface area contributed by atoms with E-state index in [4.69, 9.17) is 11.6 Å². The van der Waals surface area contributed by atoms with E-state index >= 15 is 0 Å². The number of amides is 1. The van der Waals surface area contributed by atoms with Gasteiger partial charge in [-0.2, -0.15) is 0 Å². The maximum Gasteiger partial charge on any atom is 0.270 e. The second-order valence-electron chi connectivity index (χ2n) is 4.71. The summed E-state index contributed by atoms with van der Waals surface area (Å²) in [6.45, 7) is 0.234. The van der Waals surface area contributed by atoms with Gasteiger partial charge in [0.15, 0.2) is 0 Å². The minimum absolute atomic E-state index is 0.0560. The SMILES string of the molecule is CN(Cc1ccc(F)cc1)C(=O)c1cc([N+](=O)[O-])ccc1Cl. The number of nitro benzene ring substituents is 1. The lowest BCUT2D eigenvalue weighted by molar-refractivity contribution is -0.384. The summed E-state index contributed by atoms with van der Waals surface area (Å²) in [5.74, 6) is -0.808. The van der Waals surface area contributed by atoms with Gasteiger partial charge in [-0.05, 0) is 23.8 Å². The van der Waals surface area contributed by atoms with Gasteiger partial charge >= 0.3 is 0 Å². The third-order valence-electron chi connectivity index (χ3n) is 3.07. The Balaban J connectivity index is 2.21. The number of non-ortho nitro benzene ring substituents is 1. The van der Waals surface area contributed by atoms with E-state index in [9.17, 15) is 19.3 Å². The van der Waals surface area contributed by atoms with Crippen LogP contribution in [0.4, 0.5) is 10.1 Å². The summed E-state index contributed by atoms with van der Waals surface area (Å²) in [7, 11) is 1.54. The Morgan fingerprint density at radius 2 is 1.91 bits per heavy atom. The Morgan fingerprint density at radius 1 is 1.27 bits per heavy atom. The van der Waals surface area contributed by atoms with Crippen LogP contribution in [0.2, 0.25) is 5.02 Å². The van der Waals surface area contributed by atoms with Crippen molar-refractivity contribution in [1.82, 2.24) is 4.90 Å². The van der Waals surface area contributed by atoms with E-state index in [0.29, 0.717) is 0 Å². The molecule has 0 spiro atoms. The summed E-state index contributed by atoms with van der Waals surface area (Å²) < 4.78 is 12.9. The van der Waals surface area contributed by atoms with Crippen LogP contribution in [0.5, 0.6) is 0 Å². The number of nitro groups is 1. The van der Waals surface area contributed by atoms with Crippen LogP contribution in [-0.2, 0) is 6.54 Å². The zero-order valence-electron chi connectivity index (χ0n) is 11.6. The van der Waals surface area contributed by atoms with Crippen LogP contribution in [-0.4, -0.2) is 22.8 Å². The molecular weight excluding hydrogens is 311 g/mol. The Hall–Kier alpha value is -2.47. The van der Waals surface area contributed by atoms with Gasteiger partial charge in [0.05, 0.1) is 15.5 Å². The van der Waals surface area contributed by atoms with Crippen LogP contribution in [0, 0.1) is 15.9 Å². The number of halogens is 2. The predicted molar refractivity (Wildman–Crippen MR) is 80.3 cm³/mol. The highest BCUT2D eigenvalue weighted by Gasteiger charge is 2.19. The highest BCUT2D eigenvalue weighted by molar-refractivity contribution is 6.33. The van der Waals surface area contributed by atoms with Crippen molar-refractivity contribution in [3.8, 4) is 0 Å². The fourth-order valence-corrected chi connectivity index (χ4v) is 2.13. The molecule has 0 aliphatic rings. The van der Waals surface area contributed by atoms with Crippen molar-refractivity contribution in [2.24, 2.45) is 0 Å². The van der Waals surface area contributed by atoms with E-state index < -0.39 is 10.8 Å². The molecule has 0 N–H and O–H groups in total. The molecule has 5 nitrogen and oxygen atoms in total. The third kappa shape index (κ3) is 3.59. The summed E-state index contributed by atoms with van der Waals surface area (Å²) in [4.78, 5) is 23.9. The summed E-state index contributed by atoms with van der Waals surface area (Å²) in [6.07, 6.45) is 0. The Morgan fingerprint density at radius 3 is 2.50 bits per heavy atom. The van der Waals surface area contributed by atoms with E-state index in [1.54, 1.807) is 19.2 Å². The molecule has 2 aromatic carbocycles. The smallest absolute Gasteiger partial charge is 0.270 e. The average Bonchev–Trinajstić information content (AvgIpc) is 2.49. The molecule has 0 bridgehead atoms. The topological polar surface area (TPSA) is 63.5 Å². The first-order valence-corrected chi connectivity index (χ1v) is 6.70. The standard InChI is InChI=1S/C15H12ClFN2O3/c1-18(9-10-2-4-11(17)5-3-10)15(20)13-8-12(19(21)22)6-7-14(13)16/h2-8H,9H2,1H3. The highest BCUT2D eigenvalue weighted by atomic mass is 35.5. The van der Waals surface area contributed by atoms with Crippen LogP contribution in [0.25, 0.3) is 0 Å². The average molecular weight is 323 g/mol. The molecule has 0 heterocycles. The molecule has 0 saturated heterocycles. The maximum absolute atomic E-state index is 12.9. The summed E-state index contributed by atoms with van der Waals surface area (Å²) in [6, 6.07) is 9.42. The van der Waals surface area contributed by atoms with Crippen molar-refractivity contribution in [1.29, 1.82) is 0 Å². The van der Waals surface area contributed by atoms with Gasteiger partial charge in [-0.15, -0.1) is 0 Å². The quantitative estimate of drug-likeness (QED) is 0.637. The van der Waals surface area contributed by atoms with Crippen molar-refractivity contribution in [2.45, 2.75) is 6.54 Å². The fraction of sp³-hybridized carbons (Fsp3) is 0.133. The summed E-state index contributed by atoms with van der Waals surface area (Å²) in [5, 5.41) is 10.9. The van der Waals surface area contributed by atoms with Gasteiger partial charge in [-0.1, -0.05) is 23.7 Å². The number of carbonyl (C=O) groups excluding carboxylic acids is 1. The zero-order valence-corrected chi connectivity index (χ0v) is 12.4. The minimum atomic E-state index is -0.590. The number of benzene rings is 2. The van der Waals surface area contributed by atoms with Crippen molar-refractivity contribution in [3.05, 3.63) is 74.5 Å². The lowest BCUT2D eigenvalue weighted by atomic mass is 10.1. The summed E-state index contributed by atoms with van der Waals surface area (Å²) >= 11 is 5.94. The molecular formula is C15H12ClFN2O3. The van der Waals surface area contributed by atoms with Crippen LogP contribution in [0.15, 0.2) is 42.5 Å². The molecule has 0 atom stereocenters. The number of hydrogen-bond donors (Lipinski definition) is 0. The van der Waals surface area contributed by atoms with Gasteiger partial charge in [0, 0.05) is 25.7 Å². The molecule has 0 aliphatic heterocycles. The zero-order chi connectivity index (χ0) is 16.3. The van der Waals surface area contributed by atoms with Crippen molar-refractivity contribution >= 4 is 23.2 Å². The van der Waals surface area contributed by atoms with E-state index in [1.165, 1.54) is 29.2 Å². The maximum atomic E-state index is 12.9. The second kappa shape index (κ2) is 6.53. The van der Waals surface area contributed by atoms with E-state index in [1.807, 2.05) is 0 Å². The molecule has 2 aromatic rings. The molecule has 0 fully saturated rings. The summed E-state index contributed by atoms with van der Waals surface area (Å²) in [5.41, 5.74) is 0.585. The second-order valence-corrected chi connectivity index (χ2v) is 5.12. The first kappa shape index (κ1) is 15.9. The molecule has 0 aliphatic carbocycles. The third-order valence-corrected chi connectivity index (χ3v) is 3.40. The number of hydrogen-bond acceptors (Lipinski definition) is 3. The van der Waals surface area contributed by atoms with Gasteiger partial charge in [0.1, 0.15) is 5.82 Å². The largest absolute Gasteiger partial charge is 0.337 e. The van der Waals surface area contributed by atoms with Crippen LogP contribution in [0.3, 0.4) is 0 Å². The lowest BCUT2D eigenvalue weighted by Gasteiger charge is -2.18. The molecule has 1 amide bonds. The van der Waals surface area contributed by atoms with E-state index in [0.717, 1.165) is 11.6 Å². The van der Waals surface area contributed by atoms with Crippen LogP contribution >= 0.6 is 11.6 Å². The molecule has 0 unspecified atom stereocenters. The van der Waals surface area contributed by atoms with Crippen molar-refractivity contribution < 1.29 is 14.1 Å². The van der Waals surface area contributed by atoms with Gasteiger partial charge in [-0.25, -0.2) is 4.39 Å².